The summed E-state index contributed by atoms with van der Waals surface area (Å²) in [4.78, 5) is 25.6. The Kier molecular flexibility index (Phi) is 5.21. The van der Waals surface area contributed by atoms with E-state index < -0.39 is 16.9 Å². The van der Waals surface area contributed by atoms with E-state index in [0.29, 0.717) is 16.9 Å². The van der Waals surface area contributed by atoms with Gasteiger partial charge in [-0.1, -0.05) is 0 Å². The van der Waals surface area contributed by atoms with Crippen LogP contribution in [0.25, 0.3) is 17.1 Å². The molecule has 27 heavy (non-hydrogen) atoms. The van der Waals surface area contributed by atoms with Crippen LogP contribution in [-0.2, 0) is 4.74 Å². The number of nitrogens with one attached hydrogen (secondary N) is 1. The number of hydrazone groups is 1. The van der Waals surface area contributed by atoms with Crippen molar-refractivity contribution in [2.45, 2.75) is 6.92 Å². The Morgan fingerprint density at radius 2 is 2.33 bits per heavy atom. The second-order valence-electron chi connectivity index (χ2n) is 5.07. The highest BCUT2D eigenvalue weighted by Crippen LogP contribution is 2.27. The van der Waals surface area contributed by atoms with Crippen LogP contribution < -0.4 is 5.43 Å². The molecule has 0 atom stereocenters. The summed E-state index contributed by atoms with van der Waals surface area (Å²) in [6.07, 6.45) is 5.47. The van der Waals surface area contributed by atoms with E-state index in [4.69, 9.17) is 9.15 Å². The highest BCUT2D eigenvalue weighted by molar-refractivity contribution is 5.88. The molecule has 1 amide bonds. The van der Waals surface area contributed by atoms with Gasteiger partial charge in [-0.15, -0.1) is 0 Å². The van der Waals surface area contributed by atoms with Gasteiger partial charge in [0.1, 0.15) is 10.6 Å². The van der Waals surface area contributed by atoms with Crippen LogP contribution in [0.5, 0.6) is 0 Å². The lowest BCUT2D eigenvalue weighted by Gasteiger charge is -1.98. The van der Waals surface area contributed by atoms with Crippen LogP contribution >= 0.6 is 0 Å². The van der Waals surface area contributed by atoms with Gasteiger partial charge in [-0.2, -0.15) is 10.2 Å². The molecular formula is C16H14N6O5. The molecule has 3 aromatic heterocycles. The van der Waals surface area contributed by atoms with Crippen molar-refractivity contribution < 1.29 is 18.9 Å². The van der Waals surface area contributed by atoms with Crippen molar-refractivity contribution in [3.63, 3.8) is 0 Å². The molecule has 0 aliphatic rings. The molecule has 0 aliphatic carbocycles. The normalized spacial score (nSPS) is 10.9. The van der Waals surface area contributed by atoms with E-state index in [1.807, 2.05) is 0 Å². The van der Waals surface area contributed by atoms with Crippen molar-refractivity contribution in [3.8, 4) is 17.1 Å². The van der Waals surface area contributed by atoms with Crippen molar-refractivity contribution in [1.29, 1.82) is 0 Å². The topological polar surface area (TPSA) is 138 Å². The molecule has 0 unspecified atom stereocenters. The Morgan fingerprint density at radius 1 is 1.48 bits per heavy atom. The zero-order chi connectivity index (χ0) is 19.2. The van der Waals surface area contributed by atoms with Gasteiger partial charge < -0.3 is 9.15 Å². The highest BCUT2D eigenvalue weighted by Gasteiger charge is 2.19. The number of nitrogens with zero attached hydrogens (tertiary/aromatic N) is 5. The van der Waals surface area contributed by atoms with E-state index in [0.717, 1.165) is 0 Å². The maximum Gasteiger partial charge on any atom is 0.433 e. The molecule has 3 rings (SSSR count). The zero-order valence-electron chi connectivity index (χ0n) is 14.1. The molecule has 11 heteroatoms. The van der Waals surface area contributed by atoms with E-state index in [1.165, 1.54) is 23.0 Å². The molecule has 0 spiro atoms. The minimum Gasteiger partial charge on any atom is -0.449 e. The molecule has 0 aliphatic heterocycles. The SMILES string of the molecule is CCOC(=O)NN=Cc1cn(-c2cccnc2)nc1-c1ccc([N+](=O)[O-])o1. The average molecular weight is 370 g/mol. The number of hydrogen-bond acceptors (Lipinski definition) is 8. The predicted molar refractivity (Wildman–Crippen MR) is 93.5 cm³/mol. The number of pyridine rings is 1. The first-order valence-electron chi connectivity index (χ1n) is 7.79. The van der Waals surface area contributed by atoms with Crippen molar-refractivity contribution in [2.75, 3.05) is 6.61 Å². The summed E-state index contributed by atoms with van der Waals surface area (Å²) >= 11 is 0. The number of carbonyl (C=O) groups is 1. The Morgan fingerprint density at radius 3 is 3.00 bits per heavy atom. The van der Waals surface area contributed by atoms with Gasteiger partial charge in [0.2, 0.25) is 0 Å². The molecule has 11 nitrogen and oxygen atoms in total. The maximum absolute atomic E-state index is 11.3. The highest BCUT2D eigenvalue weighted by atomic mass is 16.6. The predicted octanol–water partition coefficient (Wildman–Crippen LogP) is 2.52. The first-order valence-corrected chi connectivity index (χ1v) is 7.79. The first kappa shape index (κ1) is 17.8. The lowest BCUT2D eigenvalue weighted by atomic mass is 10.2. The van der Waals surface area contributed by atoms with Crippen LogP contribution in [0, 0.1) is 10.1 Å². The zero-order valence-corrected chi connectivity index (χ0v) is 14.1. The summed E-state index contributed by atoms with van der Waals surface area (Å²) in [5.74, 6) is -0.226. The Labute approximate surface area is 152 Å². The van der Waals surface area contributed by atoms with Crippen molar-refractivity contribution in [1.82, 2.24) is 20.2 Å². The van der Waals surface area contributed by atoms with E-state index >= 15 is 0 Å². The number of amides is 1. The molecule has 0 aromatic carbocycles. The third-order valence-electron chi connectivity index (χ3n) is 3.29. The van der Waals surface area contributed by atoms with Crippen LogP contribution in [0.15, 0.2) is 52.4 Å². The maximum atomic E-state index is 11.3. The van der Waals surface area contributed by atoms with Crippen molar-refractivity contribution >= 4 is 18.2 Å². The summed E-state index contributed by atoms with van der Waals surface area (Å²) in [6, 6.07) is 6.19. The van der Waals surface area contributed by atoms with Gasteiger partial charge in [0.25, 0.3) is 0 Å². The van der Waals surface area contributed by atoms with Gasteiger partial charge in [-0.05, 0) is 25.1 Å². The van der Waals surface area contributed by atoms with Crippen LogP contribution in [0.4, 0.5) is 10.7 Å². The summed E-state index contributed by atoms with van der Waals surface area (Å²) in [5, 5.41) is 19.0. The van der Waals surface area contributed by atoms with Crippen LogP contribution in [0.2, 0.25) is 0 Å². The van der Waals surface area contributed by atoms with Crippen LogP contribution in [0.1, 0.15) is 12.5 Å². The van der Waals surface area contributed by atoms with Gasteiger partial charge in [-0.25, -0.2) is 14.9 Å². The van der Waals surface area contributed by atoms with Crippen LogP contribution in [-0.4, -0.2) is 38.6 Å². The third-order valence-corrected chi connectivity index (χ3v) is 3.29. The molecule has 0 saturated heterocycles. The molecule has 138 valence electrons. The number of rotatable bonds is 6. The van der Waals surface area contributed by atoms with E-state index in [-0.39, 0.29) is 12.4 Å². The van der Waals surface area contributed by atoms with Gasteiger partial charge in [0.15, 0.2) is 5.76 Å². The smallest absolute Gasteiger partial charge is 0.433 e. The Balaban J connectivity index is 1.96. The first-order chi connectivity index (χ1) is 13.1. The number of ether oxygens (including phenoxy) is 1. The number of furan rings is 1. The Bertz CT molecular complexity index is 978. The molecule has 0 radical (unpaired) electrons. The molecule has 0 bridgehead atoms. The van der Waals surface area contributed by atoms with Gasteiger partial charge >= 0.3 is 12.0 Å². The van der Waals surface area contributed by atoms with E-state index in [9.17, 15) is 14.9 Å². The third kappa shape index (κ3) is 4.15. The fourth-order valence-corrected chi connectivity index (χ4v) is 2.17. The molecule has 3 heterocycles. The lowest BCUT2D eigenvalue weighted by Crippen LogP contribution is -2.18. The molecule has 3 aromatic rings. The summed E-state index contributed by atoms with van der Waals surface area (Å²) in [7, 11) is 0. The van der Waals surface area contributed by atoms with Crippen molar-refractivity contribution in [3.05, 3.63) is 58.5 Å². The number of nitro groups is 1. The Hall–Kier alpha value is -4.02. The standard InChI is InChI=1S/C16H14N6O5/c1-2-26-16(23)19-18-8-11-10-21(12-4-3-7-17-9-12)20-15(11)13-5-6-14(27-13)22(24)25/h3-10H,2H2,1H3,(H,19,23). The average Bonchev–Trinajstić information content (AvgIpc) is 3.30. The number of aromatic nitrogens is 3. The molecule has 1 N–H and O–H groups in total. The molecular weight excluding hydrogens is 356 g/mol. The number of hydrogen-bond donors (Lipinski definition) is 1. The largest absolute Gasteiger partial charge is 0.449 e. The summed E-state index contributed by atoms with van der Waals surface area (Å²) < 4.78 is 11.5. The molecule has 0 fully saturated rings. The second-order valence-corrected chi connectivity index (χ2v) is 5.07. The quantitative estimate of drug-likeness (QED) is 0.400. The van der Waals surface area contributed by atoms with E-state index in [1.54, 1.807) is 37.6 Å². The summed E-state index contributed by atoms with van der Waals surface area (Å²) in [5.41, 5.74) is 3.63. The summed E-state index contributed by atoms with van der Waals surface area (Å²) in [6.45, 7) is 1.88. The van der Waals surface area contributed by atoms with Gasteiger partial charge in [0, 0.05) is 18.0 Å². The minimum absolute atomic E-state index is 0.182. The van der Waals surface area contributed by atoms with Gasteiger partial charge in [-0.3, -0.25) is 15.1 Å². The van der Waals surface area contributed by atoms with Gasteiger partial charge in [0.05, 0.1) is 30.8 Å². The lowest BCUT2D eigenvalue weighted by molar-refractivity contribution is -0.401. The van der Waals surface area contributed by atoms with Crippen LogP contribution in [0.3, 0.4) is 0 Å². The molecule has 0 saturated carbocycles. The minimum atomic E-state index is -0.705. The second kappa shape index (κ2) is 7.91. The fourth-order valence-electron chi connectivity index (χ4n) is 2.17. The van der Waals surface area contributed by atoms with Crippen molar-refractivity contribution in [2.24, 2.45) is 5.10 Å². The fraction of sp³-hybridized carbons (Fsp3) is 0.125. The monoisotopic (exact) mass is 370 g/mol. The van der Waals surface area contributed by atoms with E-state index in [2.05, 4.69) is 20.6 Å². The number of carbonyl (C=O) groups excluding carboxylic acids is 1.